The van der Waals surface area contributed by atoms with Crippen molar-refractivity contribution in [1.29, 1.82) is 0 Å². The van der Waals surface area contributed by atoms with E-state index in [9.17, 15) is 47.9 Å². The van der Waals surface area contributed by atoms with Crippen molar-refractivity contribution >= 4 is 59.4 Å². The number of hydrogen-bond donors (Lipinski definition) is 6. The lowest BCUT2D eigenvalue weighted by Crippen LogP contribution is -2.34. The average molecular weight is 1290 g/mol. The summed E-state index contributed by atoms with van der Waals surface area (Å²) in [6, 6.07) is -2.25. The van der Waals surface area contributed by atoms with E-state index in [0.717, 1.165) is 51.4 Å². The van der Waals surface area contributed by atoms with E-state index in [0.29, 0.717) is 90.6 Å². The molecule has 5 rings (SSSR count). The number of amides is 5. The zero-order valence-electron chi connectivity index (χ0n) is 57.3. The van der Waals surface area contributed by atoms with Crippen LogP contribution in [0.3, 0.4) is 0 Å². The topological polar surface area (TPSA) is 288 Å². The summed E-state index contributed by atoms with van der Waals surface area (Å²) in [5.41, 5.74) is 0. The number of carbonyl (C=O) groups is 10. The molecule has 20 nitrogen and oxygen atoms in total. The van der Waals surface area contributed by atoms with Gasteiger partial charge in [0.1, 0.15) is 30.2 Å². The Hall–Kier alpha value is -5.30. The van der Waals surface area contributed by atoms with Crippen LogP contribution in [0, 0.1) is 0 Å². The number of rotatable bonds is 47. The Balaban J connectivity index is 0.000000580. The molecule has 0 unspecified atom stereocenters. The summed E-state index contributed by atoms with van der Waals surface area (Å²) in [6.45, 7) is 10.9. The number of hydrogen-bond acceptors (Lipinski definition) is 14. The fourth-order valence-electron chi connectivity index (χ4n) is 11.1. The second kappa shape index (κ2) is 58.5. The first-order valence-electron chi connectivity index (χ1n) is 36.5. The normalized spacial score (nSPS) is 18.7. The largest absolute Gasteiger partial charge is 0.480 e. The fraction of sp³-hybridized carbons (Fsp3) is 0.859. The molecular weight excluding hydrogens is 1160 g/mol. The molecule has 0 aliphatic carbocycles. The van der Waals surface area contributed by atoms with Crippen LogP contribution in [-0.4, -0.2) is 121 Å². The summed E-state index contributed by atoms with van der Waals surface area (Å²) < 4.78 is 20.7. The number of unbranched alkanes of at least 4 members (excludes halogenated alkanes) is 34. The van der Waals surface area contributed by atoms with Crippen LogP contribution in [-0.2, 0) is 66.9 Å². The second-order valence-corrected chi connectivity index (χ2v) is 25.3. The van der Waals surface area contributed by atoms with Crippen LogP contribution < -0.4 is 26.6 Å². The Labute approximate surface area is 548 Å². The number of esters is 4. The Morgan fingerprint density at radius 3 is 0.560 bits per heavy atom. The van der Waals surface area contributed by atoms with E-state index in [1.54, 1.807) is 0 Å². The highest BCUT2D eigenvalue weighted by Crippen LogP contribution is 2.17. The predicted molar refractivity (Wildman–Crippen MR) is 355 cm³/mol. The Kier molecular flexibility index (Phi) is 53.8. The minimum Gasteiger partial charge on any atom is -0.480 e. The number of aliphatic carboxylic acids is 1. The van der Waals surface area contributed by atoms with Crippen molar-refractivity contribution in [3.05, 3.63) is 0 Å². The molecule has 5 heterocycles. The first-order valence-corrected chi connectivity index (χ1v) is 36.5. The van der Waals surface area contributed by atoms with E-state index >= 15 is 0 Å². The predicted octanol–water partition coefficient (Wildman–Crippen LogP) is 13.5. The van der Waals surface area contributed by atoms with Gasteiger partial charge in [-0.25, -0.2) is 24.0 Å². The fourth-order valence-corrected chi connectivity index (χ4v) is 11.1. The Morgan fingerprint density at radius 2 is 0.429 bits per heavy atom. The van der Waals surface area contributed by atoms with Gasteiger partial charge >= 0.3 is 29.8 Å². The zero-order chi connectivity index (χ0) is 66.8. The molecule has 5 aliphatic heterocycles. The van der Waals surface area contributed by atoms with E-state index in [-0.39, 0.29) is 53.4 Å². The summed E-state index contributed by atoms with van der Waals surface area (Å²) in [6.07, 6.45) is 52.8. The van der Waals surface area contributed by atoms with Gasteiger partial charge < -0.3 is 50.6 Å². The van der Waals surface area contributed by atoms with Crippen molar-refractivity contribution in [2.45, 2.75) is 366 Å². The van der Waals surface area contributed by atoms with Gasteiger partial charge in [0.2, 0.25) is 29.5 Å². The Bertz CT molecular complexity index is 1970. The highest BCUT2D eigenvalue weighted by molar-refractivity contribution is 5.90. The van der Waals surface area contributed by atoms with Crippen LogP contribution in [0.1, 0.15) is 336 Å². The maximum absolute atomic E-state index is 11.6. The number of ether oxygens (including phenoxy) is 4. The summed E-state index contributed by atoms with van der Waals surface area (Å²) in [7, 11) is 0. The molecule has 5 fully saturated rings. The van der Waals surface area contributed by atoms with E-state index < -0.39 is 36.2 Å². The van der Waals surface area contributed by atoms with Crippen LogP contribution in [0.5, 0.6) is 0 Å². The zero-order valence-corrected chi connectivity index (χ0v) is 57.3. The van der Waals surface area contributed by atoms with Crippen LogP contribution in [0.25, 0.3) is 0 Å². The molecule has 91 heavy (non-hydrogen) atoms. The van der Waals surface area contributed by atoms with Crippen molar-refractivity contribution in [3.63, 3.8) is 0 Å². The molecular formula is C71H127N5O15. The van der Waals surface area contributed by atoms with E-state index in [4.69, 9.17) is 24.1 Å². The molecule has 6 N–H and O–H groups in total. The lowest BCUT2D eigenvalue weighted by Gasteiger charge is -2.09. The first-order chi connectivity index (χ1) is 44.1. The third kappa shape index (κ3) is 48.1. The van der Waals surface area contributed by atoms with Crippen molar-refractivity contribution in [2.24, 2.45) is 0 Å². The molecule has 0 aromatic carbocycles. The summed E-state index contributed by atoms with van der Waals surface area (Å²) in [4.78, 5) is 111. The van der Waals surface area contributed by atoms with E-state index in [1.807, 2.05) is 0 Å². The smallest absolute Gasteiger partial charge is 0.328 e. The number of carbonyl (C=O) groups excluding carboxylic acids is 9. The van der Waals surface area contributed by atoms with Crippen molar-refractivity contribution in [3.8, 4) is 0 Å². The maximum atomic E-state index is 11.6. The van der Waals surface area contributed by atoms with Crippen molar-refractivity contribution < 1.29 is 72.0 Å². The summed E-state index contributed by atoms with van der Waals surface area (Å²) in [5, 5.41) is 21.1. The minimum absolute atomic E-state index is 0.0448. The molecule has 5 atom stereocenters. The monoisotopic (exact) mass is 1290 g/mol. The highest BCUT2D eigenvalue weighted by Gasteiger charge is 2.31. The Morgan fingerprint density at radius 1 is 0.275 bits per heavy atom. The van der Waals surface area contributed by atoms with Gasteiger partial charge in [0.15, 0.2) is 0 Å². The SMILES string of the molecule is CCCCCCCCCCCCCOC(=O)[C@@H]1CCC(=O)N1.CCCCCCCCCCCCOC(=O)[C@@H]1CCC(=O)N1.CCCCCCCCCCCOC(=O)[C@@H]1CCC(=O)N1.CCCCCCCCCCOC(=O)[C@@H]1CCC(=O)N1.O=C1CC[C@@H](C(=O)O)N1. The second-order valence-electron chi connectivity index (χ2n) is 25.3. The molecule has 526 valence electrons. The van der Waals surface area contributed by atoms with Gasteiger partial charge in [-0.15, -0.1) is 0 Å². The van der Waals surface area contributed by atoms with Gasteiger partial charge in [-0.05, 0) is 57.8 Å². The average Bonchev–Trinajstić information content (AvgIpc) is 3.42. The highest BCUT2D eigenvalue weighted by atomic mass is 16.5. The third-order valence-corrected chi connectivity index (χ3v) is 16.9. The first kappa shape index (κ1) is 83.7. The third-order valence-electron chi connectivity index (χ3n) is 16.9. The molecule has 0 saturated carbocycles. The summed E-state index contributed by atoms with van der Waals surface area (Å²) >= 11 is 0. The molecule has 5 aliphatic rings. The number of nitrogens with one attached hydrogen (secondary N) is 5. The quantitative estimate of drug-likeness (QED) is 0.0188. The van der Waals surface area contributed by atoms with Crippen LogP contribution in [0.4, 0.5) is 0 Å². The van der Waals surface area contributed by atoms with Crippen LogP contribution in [0.15, 0.2) is 0 Å². The van der Waals surface area contributed by atoms with Crippen LogP contribution in [0.2, 0.25) is 0 Å². The maximum Gasteiger partial charge on any atom is 0.328 e. The molecule has 0 aromatic rings. The molecule has 0 bridgehead atoms. The van der Waals surface area contributed by atoms with Crippen molar-refractivity contribution in [1.82, 2.24) is 26.6 Å². The van der Waals surface area contributed by atoms with Gasteiger partial charge in [-0.3, -0.25) is 24.0 Å². The van der Waals surface area contributed by atoms with Crippen molar-refractivity contribution in [2.75, 3.05) is 26.4 Å². The molecule has 0 spiro atoms. The molecule has 20 heteroatoms. The number of carboxylic acid groups (broad SMARTS) is 1. The molecule has 0 radical (unpaired) electrons. The number of carboxylic acids is 1. The minimum atomic E-state index is -0.944. The van der Waals surface area contributed by atoms with Crippen LogP contribution >= 0.6 is 0 Å². The lowest BCUT2D eigenvalue weighted by atomic mass is 10.1. The van der Waals surface area contributed by atoms with Gasteiger partial charge in [0.05, 0.1) is 26.4 Å². The van der Waals surface area contributed by atoms with Gasteiger partial charge in [0.25, 0.3) is 0 Å². The standard InChI is InChI=1S/C18H33NO3.C17H31NO3.C16H29NO3.C15H27NO3.C5H7NO3/c1-2-3-4-5-6-7-8-9-10-11-12-15-22-18(21)16-13-14-17(20)19-16;1-2-3-4-5-6-7-8-9-10-11-14-21-17(20)15-12-13-16(19)18-15;1-2-3-4-5-6-7-8-9-10-13-20-16(19)14-11-12-15(18)17-14;1-2-3-4-5-6-7-8-9-12-19-15(18)13-10-11-14(17)16-13;7-4-2-1-3(6-4)5(8)9/h16H,2-15H2,1H3,(H,19,20);15H,2-14H2,1H3,(H,18,19);14H,2-13H2,1H3,(H,17,18);13H,2-12H2,1H3,(H,16,17);3H,1-2H2,(H,6,7)(H,8,9)/t16-;15-;14-;13-;3-/m00000/s1. The molecule has 5 saturated heterocycles. The van der Waals surface area contributed by atoms with Gasteiger partial charge in [0, 0.05) is 32.1 Å². The lowest BCUT2D eigenvalue weighted by molar-refractivity contribution is -0.147. The molecule has 5 amide bonds. The van der Waals surface area contributed by atoms with E-state index in [1.165, 1.54) is 193 Å². The van der Waals surface area contributed by atoms with E-state index in [2.05, 4.69) is 54.3 Å². The molecule has 0 aromatic heterocycles. The van der Waals surface area contributed by atoms with Gasteiger partial charge in [-0.1, -0.05) is 246 Å². The van der Waals surface area contributed by atoms with Gasteiger partial charge in [-0.2, -0.15) is 0 Å². The summed E-state index contributed by atoms with van der Waals surface area (Å²) in [5.74, 6) is -2.36.